The van der Waals surface area contributed by atoms with Crippen LogP contribution >= 0.6 is 0 Å². The Morgan fingerprint density at radius 2 is 1.66 bits per heavy atom. The van der Waals surface area contributed by atoms with Crippen molar-refractivity contribution in [2.24, 2.45) is 11.8 Å². The molecule has 1 aliphatic heterocycles. The fourth-order valence-electron chi connectivity index (χ4n) is 4.52. The molecule has 1 heterocycles. The number of sulfonamides is 1. The van der Waals surface area contributed by atoms with Crippen LogP contribution in [0.4, 0.5) is 0 Å². The molecule has 2 N–H and O–H groups in total. The third-order valence-electron chi connectivity index (χ3n) is 6.73. The zero-order chi connectivity index (χ0) is 25.8. The summed E-state index contributed by atoms with van der Waals surface area (Å²) in [6, 6.07) is 12.2. The molecule has 0 radical (unpaired) electrons. The molecule has 2 unspecified atom stereocenters. The maximum absolute atomic E-state index is 13.2. The highest BCUT2D eigenvalue weighted by Crippen LogP contribution is 2.27. The van der Waals surface area contributed by atoms with E-state index >= 15 is 0 Å². The van der Waals surface area contributed by atoms with Gasteiger partial charge in [-0.05, 0) is 79.1 Å². The lowest BCUT2D eigenvalue weighted by atomic mass is 9.87. The molecule has 1 aliphatic rings. The van der Waals surface area contributed by atoms with Gasteiger partial charge in [0, 0.05) is 31.2 Å². The predicted octanol–water partition coefficient (Wildman–Crippen LogP) is 3.22. The summed E-state index contributed by atoms with van der Waals surface area (Å²) in [6.45, 7) is 12.6. The van der Waals surface area contributed by atoms with Crippen LogP contribution < -0.4 is 10.6 Å². The zero-order valence-corrected chi connectivity index (χ0v) is 21.7. The lowest BCUT2D eigenvalue weighted by molar-refractivity contribution is -0.118. The van der Waals surface area contributed by atoms with Crippen molar-refractivity contribution in [3.05, 3.63) is 77.4 Å². The summed E-state index contributed by atoms with van der Waals surface area (Å²) in [5.41, 5.74) is 4.03. The van der Waals surface area contributed by atoms with Crippen LogP contribution in [0.15, 0.2) is 60.0 Å². The number of carbonyl (C=O) groups excluding carboxylic acids is 2. The number of nitrogens with one attached hydrogen (secondary N) is 2. The van der Waals surface area contributed by atoms with Crippen molar-refractivity contribution in [2.75, 3.05) is 19.6 Å². The van der Waals surface area contributed by atoms with Crippen LogP contribution in [0.3, 0.4) is 0 Å². The van der Waals surface area contributed by atoms with Crippen molar-refractivity contribution >= 4 is 21.8 Å². The molecule has 0 bridgehead atoms. The van der Waals surface area contributed by atoms with Gasteiger partial charge in [0.25, 0.3) is 5.91 Å². The molecule has 8 heteroatoms. The summed E-state index contributed by atoms with van der Waals surface area (Å²) >= 11 is 0. The van der Waals surface area contributed by atoms with Gasteiger partial charge >= 0.3 is 0 Å². The minimum absolute atomic E-state index is 0.0557. The fraction of sp³-hybridized carbons (Fsp3) is 0.407. The second-order valence-electron chi connectivity index (χ2n) is 9.46. The van der Waals surface area contributed by atoms with Gasteiger partial charge in [-0.1, -0.05) is 38.6 Å². The number of hydrogen-bond donors (Lipinski definition) is 2. The lowest BCUT2D eigenvalue weighted by Gasteiger charge is -2.40. The maximum Gasteiger partial charge on any atom is 0.251 e. The maximum atomic E-state index is 13.2. The Bertz CT molecular complexity index is 1180. The van der Waals surface area contributed by atoms with E-state index in [1.54, 1.807) is 12.1 Å². The summed E-state index contributed by atoms with van der Waals surface area (Å²) in [5.74, 6) is -0.605. The van der Waals surface area contributed by atoms with Gasteiger partial charge in [0.15, 0.2) is 0 Å². The summed E-state index contributed by atoms with van der Waals surface area (Å²) in [4.78, 5) is 24.4. The number of hydrogen-bond acceptors (Lipinski definition) is 4. The number of benzene rings is 2. The van der Waals surface area contributed by atoms with Gasteiger partial charge in [0.2, 0.25) is 15.9 Å². The first-order valence-corrected chi connectivity index (χ1v) is 13.3. The number of rotatable bonds is 8. The smallest absolute Gasteiger partial charge is 0.251 e. The standard InChI is InChI=1S/C27H35N3O4S/c1-6-25(31)29-26-20(4)16-30(17-21(26)5)35(33,34)24-11-9-23(10-12-24)27(32)28-14-13-22-8-7-18(2)19(3)15-22/h6-12,15,20-21,26H,1,13-14,16-17H2,2-5H3,(H,28,32)(H,29,31). The van der Waals surface area contributed by atoms with Gasteiger partial charge in [-0.2, -0.15) is 4.31 Å². The number of piperidine rings is 1. The molecule has 2 amide bonds. The van der Waals surface area contributed by atoms with Crippen LogP contribution in [-0.2, 0) is 21.2 Å². The highest BCUT2D eigenvalue weighted by molar-refractivity contribution is 7.89. The topological polar surface area (TPSA) is 95.6 Å². The van der Waals surface area contributed by atoms with E-state index in [9.17, 15) is 18.0 Å². The summed E-state index contributed by atoms with van der Waals surface area (Å²) < 4.78 is 27.9. The first-order valence-electron chi connectivity index (χ1n) is 11.9. The fourth-order valence-corrected chi connectivity index (χ4v) is 6.16. The molecule has 2 aromatic rings. The number of carbonyl (C=O) groups is 2. The van der Waals surface area contributed by atoms with Gasteiger partial charge in [-0.3, -0.25) is 9.59 Å². The van der Waals surface area contributed by atoms with Crippen LogP contribution in [0.25, 0.3) is 0 Å². The van der Waals surface area contributed by atoms with Crippen LogP contribution in [-0.4, -0.2) is 50.2 Å². The Morgan fingerprint density at radius 1 is 1.03 bits per heavy atom. The third kappa shape index (κ3) is 6.38. The average Bonchev–Trinajstić information content (AvgIpc) is 2.83. The number of nitrogens with zero attached hydrogens (tertiary/aromatic N) is 1. The minimum atomic E-state index is -3.72. The molecule has 188 valence electrons. The van der Waals surface area contributed by atoms with Gasteiger partial charge in [-0.25, -0.2) is 8.42 Å². The normalized spacial score (nSPS) is 20.7. The highest BCUT2D eigenvalue weighted by atomic mass is 32.2. The van der Waals surface area contributed by atoms with Crippen molar-refractivity contribution in [3.63, 3.8) is 0 Å². The van der Waals surface area contributed by atoms with Gasteiger partial charge in [-0.15, -0.1) is 0 Å². The van der Waals surface area contributed by atoms with Crippen LogP contribution in [0.1, 0.15) is 40.9 Å². The van der Waals surface area contributed by atoms with Crippen molar-refractivity contribution in [3.8, 4) is 0 Å². The van der Waals surface area contributed by atoms with Gasteiger partial charge < -0.3 is 10.6 Å². The molecule has 0 saturated carbocycles. The molecule has 2 aromatic carbocycles. The van der Waals surface area contributed by atoms with E-state index in [0.717, 1.165) is 12.0 Å². The van der Waals surface area contributed by atoms with E-state index in [2.05, 4.69) is 49.3 Å². The molecule has 0 aromatic heterocycles. The largest absolute Gasteiger partial charge is 0.352 e. The van der Waals surface area contributed by atoms with Crippen LogP contribution in [0.2, 0.25) is 0 Å². The SMILES string of the molecule is C=CC(=O)NC1C(C)CN(S(=O)(=O)c2ccc(C(=O)NCCc3ccc(C)c(C)c3)cc2)CC1C. The van der Waals surface area contributed by atoms with Crippen molar-refractivity contribution in [1.29, 1.82) is 0 Å². The molecule has 0 aliphatic carbocycles. The highest BCUT2D eigenvalue weighted by Gasteiger charge is 2.38. The van der Waals surface area contributed by atoms with E-state index in [-0.39, 0.29) is 34.6 Å². The van der Waals surface area contributed by atoms with Crippen molar-refractivity contribution in [1.82, 2.24) is 14.9 Å². The molecule has 1 fully saturated rings. The molecular formula is C27H35N3O4S. The Kier molecular flexibility index (Phi) is 8.51. The molecule has 2 atom stereocenters. The van der Waals surface area contributed by atoms with E-state index in [4.69, 9.17) is 0 Å². The first-order chi connectivity index (χ1) is 16.5. The van der Waals surface area contributed by atoms with Crippen LogP contribution in [0.5, 0.6) is 0 Å². The predicted molar refractivity (Wildman–Crippen MR) is 138 cm³/mol. The van der Waals surface area contributed by atoms with Crippen molar-refractivity contribution < 1.29 is 18.0 Å². The lowest BCUT2D eigenvalue weighted by Crippen LogP contribution is -2.55. The van der Waals surface area contributed by atoms with E-state index in [1.807, 2.05) is 13.8 Å². The monoisotopic (exact) mass is 497 g/mol. The Morgan fingerprint density at radius 3 is 2.23 bits per heavy atom. The molecule has 3 rings (SSSR count). The third-order valence-corrected chi connectivity index (χ3v) is 8.57. The second kappa shape index (κ2) is 11.2. The van der Waals surface area contributed by atoms with E-state index in [0.29, 0.717) is 25.2 Å². The van der Waals surface area contributed by atoms with Crippen molar-refractivity contribution in [2.45, 2.75) is 45.1 Å². The average molecular weight is 498 g/mol. The van der Waals surface area contributed by atoms with Crippen LogP contribution in [0, 0.1) is 25.7 Å². The zero-order valence-electron chi connectivity index (χ0n) is 20.9. The quantitative estimate of drug-likeness (QED) is 0.548. The molecule has 35 heavy (non-hydrogen) atoms. The molecular weight excluding hydrogens is 462 g/mol. The Balaban J connectivity index is 1.60. The summed E-state index contributed by atoms with van der Waals surface area (Å²) in [6.07, 6.45) is 1.95. The minimum Gasteiger partial charge on any atom is -0.352 e. The summed E-state index contributed by atoms with van der Waals surface area (Å²) in [7, 11) is -3.72. The first kappa shape index (κ1) is 26.6. The second-order valence-corrected chi connectivity index (χ2v) is 11.4. The number of aryl methyl sites for hydroxylation is 2. The van der Waals surface area contributed by atoms with Gasteiger partial charge in [0.05, 0.1) is 4.90 Å². The Hall–Kier alpha value is -2.97. The van der Waals surface area contributed by atoms with E-state index in [1.165, 1.54) is 33.6 Å². The molecule has 1 saturated heterocycles. The number of amides is 2. The van der Waals surface area contributed by atoms with E-state index < -0.39 is 10.0 Å². The Labute approximate surface area is 208 Å². The summed E-state index contributed by atoms with van der Waals surface area (Å²) in [5, 5.41) is 5.81. The molecule has 0 spiro atoms. The van der Waals surface area contributed by atoms with Gasteiger partial charge in [0.1, 0.15) is 0 Å². The molecule has 7 nitrogen and oxygen atoms in total.